The maximum Gasteiger partial charge on any atom is 0.232 e. The summed E-state index contributed by atoms with van der Waals surface area (Å²) in [5, 5.41) is 11.1. The molecule has 0 radical (unpaired) electrons. The van der Waals surface area contributed by atoms with Crippen molar-refractivity contribution in [3.05, 3.63) is 89.9 Å². The number of rotatable bonds is 8. The van der Waals surface area contributed by atoms with Crippen molar-refractivity contribution in [2.24, 2.45) is 11.8 Å². The normalized spacial score (nSPS) is 24.5. The number of nitrogens with zero attached hydrogens (tertiary/aromatic N) is 3. The molecule has 6 heteroatoms. The fourth-order valence-corrected chi connectivity index (χ4v) is 5.36. The van der Waals surface area contributed by atoms with E-state index in [0.717, 1.165) is 31.5 Å². The highest BCUT2D eigenvalue weighted by atomic mass is 16.5. The van der Waals surface area contributed by atoms with Crippen LogP contribution in [-0.4, -0.2) is 51.0 Å². The summed E-state index contributed by atoms with van der Waals surface area (Å²) in [4.78, 5) is 23.5. The van der Waals surface area contributed by atoms with Crippen molar-refractivity contribution < 1.29 is 14.6 Å². The number of fused-ring (bicyclic) bond motifs is 1. The molecule has 0 bridgehead atoms. The molecule has 0 spiro atoms. The summed E-state index contributed by atoms with van der Waals surface area (Å²) in [6.45, 7) is 2.44. The summed E-state index contributed by atoms with van der Waals surface area (Å²) >= 11 is 0. The van der Waals surface area contributed by atoms with Gasteiger partial charge >= 0.3 is 0 Å². The lowest BCUT2D eigenvalue weighted by molar-refractivity contribution is 0.0355. The SMILES string of the molecule is O=C(CN1C[C@@H]2C[C@@](O)(Cc3ccccc3)C[C@@H]2C1)c1cnc(OCc2ccccc2)cn1. The number of likely N-dealkylation sites (tertiary alicyclic amines) is 1. The largest absolute Gasteiger partial charge is 0.472 e. The number of aromatic nitrogens is 2. The molecule has 6 nitrogen and oxygen atoms in total. The average molecular weight is 444 g/mol. The summed E-state index contributed by atoms with van der Waals surface area (Å²) in [6.07, 6.45) is 5.31. The maximum absolute atomic E-state index is 12.7. The smallest absolute Gasteiger partial charge is 0.232 e. The highest BCUT2D eigenvalue weighted by Crippen LogP contribution is 2.45. The third kappa shape index (κ3) is 5.29. The van der Waals surface area contributed by atoms with Crippen LogP contribution in [0.4, 0.5) is 0 Å². The van der Waals surface area contributed by atoms with Crippen molar-refractivity contribution >= 4 is 5.78 Å². The first kappa shape index (κ1) is 21.7. The molecular weight excluding hydrogens is 414 g/mol. The Bertz CT molecular complexity index is 1060. The van der Waals surface area contributed by atoms with E-state index in [-0.39, 0.29) is 5.78 Å². The quantitative estimate of drug-likeness (QED) is 0.537. The Hall–Kier alpha value is -3.09. The van der Waals surface area contributed by atoms with Gasteiger partial charge in [0.15, 0.2) is 5.78 Å². The first-order valence-electron chi connectivity index (χ1n) is 11.6. The van der Waals surface area contributed by atoms with E-state index >= 15 is 0 Å². The zero-order valence-electron chi connectivity index (χ0n) is 18.6. The second-order valence-electron chi connectivity index (χ2n) is 9.45. The third-order valence-electron chi connectivity index (χ3n) is 6.82. The molecule has 2 fully saturated rings. The molecule has 3 aromatic rings. The van der Waals surface area contributed by atoms with Crippen molar-refractivity contribution in [2.45, 2.75) is 31.5 Å². The minimum Gasteiger partial charge on any atom is -0.472 e. The first-order valence-corrected chi connectivity index (χ1v) is 11.6. The first-order chi connectivity index (χ1) is 16.1. The van der Waals surface area contributed by atoms with Gasteiger partial charge in [0.05, 0.1) is 24.5 Å². The molecule has 1 aliphatic heterocycles. The molecule has 2 heterocycles. The number of carbonyl (C=O) groups excluding carboxylic acids is 1. The summed E-state index contributed by atoms with van der Waals surface area (Å²) in [6, 6.07) is 20.1. The van der Waals surface area contributed by atoms with Gasteiger partial charge in [0.2, 0.25) is 5.88 Å². The van der Waals surface area contributed by atoms with Crippen LogP contribution in [0, 0.1) is 11.8 Å². The zero-order valence-corrected chi connectivity index (χ0v) is 18.6. The van der Waals surface area contributed by atoms with E-state index in [1.807, 2.05) is 48.5 Å². The second kappa shape index (κ2) is 9.41. The van der Waals surface area contributed by atoms with Crippen molar-refractivity contribution in [3.8, 4) is 5.88 Å². The highest BCUT2D eigenvalue weighted by molar-refractivity contribution is 5.95. The van der Waals surface area contributed by atoms with Crippen LogP contribution in [0.3, 0.4) is 0 Å². The van der Waals surface area contributed by atoms with E-state index in [2.05, 4.69) is 27.0 Å². The Morgan fingerprint density at radius 2 is 1.58 bits per heavy atom. The van der Waals surface area contributed by atoms with Gasteiger partial charge in [-0.05, 0) is 35.8 Å². The van der Waals surface area contributed by atoms with Crippen LogP contribution in [0.25, 0.3) is 0 Å². The van der Waals surface area contributed by atoms with E-state index in [4.69, 9.17) is 4.74 Å². The van der Waals surface area contributed by atoms with Crippen molar-refractivity contribution in [3.63, 3.8) is 0 Å². The number of aliphatic hydroxyl groups is 1. The topological polar surface area (TPSA) is 75.6 Å². The van der Waals surface area contributed by atoms with Crippen molar-refractivity contribution in [1.29, 1.82) is 0 Å². The average Bonchev–Trinajstić information content (AvgIpc) is 3.33. The van der Waals surface area contributed by atoms with Crippen LogP contribution < -0.4 is 4.74 Å². The summed E-state index contributed by atoms with van der Waals surface area (Å²) in [5.74, 6) is 1.25. The summed E-state index contributed by atoms with van der Waals surface area (Å²) in [5.41, 5.74) is 1.96. The van der Waals surface area contributed by atoms with Crippen LogP contribution in [0.1, 0.15) is 34.5 Å². The predicted octanol–water partition coefficient (Wildman–Crippen LogP) is 3.55. The van der Waals surface area contributed by atoms with Gasteiger partial charge in [-0.3, -0.25) is 9.69 Å². The molecule has 1 aromatic heterocycles. The molecule has 33 heavy (non-hydrogen) atoms. The van der Waals surface area contributed by atoms with Crippen LogP contribution >= 0.6 is 0 Å². The van der Waals surface area contributed by atoms with E-state index < -0.39 is 5.60 Å². The molecule has 3 atom stereocenters. The number of hydrogen-bond acceptors (Lipinski definition) is 6. The number of benzene rings is 2. The van der Waals surface area contributed by atoms with Crippen LogP contribution in [0.5, 0.6) is 5.88 Å². The Kier molecular flexibility index (Phi) is 6.20. The second-order valence-corrected chi connectivity index (χ2v) is 9.45. The molecule has 1 saturated heterocycles. The van der Waals surface area contributed by atoms with E-state index in [9.17, 15) is 9.90 Å². The number of Topliss-reactive ketones (excluding diaryl/α,β-unsaturated/α-hetero) is 1. The van der Waals surface area contributed by atoms with Gasteiger partial charge in [0, 0.05) is 19.5 Å². The molecule has 2 aromatic carbocycles. The molecule has 1 N–H and O–H groups in total. The van der Waals surface area contributed by atoms with Gasteiger partial charge < -0.3 is 9.84 Å². The fraction of sp³-hybridized carbons (Fsp3) is 0.370. The number of ether oxygens (including phenoxy) is 1. The van der Waals surface area contributed by atoms with Gasteiger partial charge in [-0.2, -0.15) is 0 Å². The van der Waals surface area contributed by atoms with Gasteiger partial charge in [0.1, 0.15) is 12.3 Å². The molecule has 5 rings (SSSR count). The zero-order chi connectivity index (χ0) is 22.7. The number of carbonyl (C=O) groups is 1. The molecule has 0 unspecified atom stereocenters. The maximum atomic E-state index is 12.7. The van der Waals surface area contributed by atoms with E-state index in [0.29, 0.717) is 43.0 Å². The summed E-state index contributed by atoms with van der Waals surface area (Å²) in [7, 11) is 0. The molecule has 0 amide bonds. The molecule has 1 aliphatic carbocycles. The van der Waals surface area contributed by atoms with Crippen molar-refractivity contribution in [1.82, 2.24) is 14.9 Å². The van der Waals surface area contributed by atoms with Gasteiger partial charge in [-0.1, -0.05) is 60.7 Å². The summed E-state index contributed by atoms with van der Waals surface area (Å²) < 4.78 is 5.65. The van der Waals surface area contributed by atoms with Crippen molar-refractivity contribution in [2.75, 3.05) is 19.6 Å². The lowest BCUT2D eigenvalue weighted by atomic mass is 9.91. The van der Waals surface area contributed by atoms with Crippen LogP contribution in [-0.2, 0) is 13.0 Å². The Balaban J connectivity index is 1.11. The van der Waals surface area contributed by atoms with Gasteiger partial charge in [0.25, 0.3) is 0 Å². The minimum atomic E-state index is -0.631. The molecule has 2 aliphatic rings. The fourth-order valence-electron chi connectivity index (χ4n) is 5.36. The highest BCUT2D eigenvalue weighted by Gasteiger charge is 2.48. The Morgan fingerprint density at radius 3 is 2.18 bits per heavy atom. The monoisotopic (exact) mass is 443 g/mol. The molecule has 170 valence electrons. The van der Waals surface area contributed by atoms with Gasteiger partial charge in [-0.15, -0.1) is 0 Å². The number of ketones is 1. The molecule has 1 saturated carbocycles. The Morgan fingerprint density at radius 1 is 0.939 bits per heavy atom. The van der Waals surface area contributed by atoms with Gasteiger partial charge in [-0.25, -0.2) is 9.97 Å². The predicted molar refractivity (Wildman–Crippen MR) is 125 cm³/mol. The standard InChI is InChI=1S/C27H29N3O3/c31-25(24-14-29-26(15-28-24)33-19-21-9-5-2-6-10-21)18-30-16-22-12-27(32,13-23(22)17-30)11-20-7-3-1-4-8-20/h1-10,14-15,22-23,32H,11-13,16-19H2/t22-,23+,27-. The number of hydrogen-bond donors (Lipinski definition) is 1. The molecular formula is C27H29N3O3. The minimum absolute atomic E-state index is 0.0309. The third-order valence-corrected chi connectivity index (χ3v) is 6.82. The van der Waals surface area contributed by atoms with Crippen LogP contribution in [0.15, 0.2) is 73.1 Å². The van der Waals surface area contributed by atoms with E-state index in [1.54, 1.807) is 0 Å². The lowest BCUT2D eigenvalue weighted by Crippen LogP contribution is -2.34. The lowest BCUT2D eigenvalue weighted by Gasteiger charge is -2.26. The van der Waals surface area contributed by atoms with Crippen LogP contribution in [0.2, 0.25) is 0 Å². The van der Waals surface area contributed by atoms with E-state index in [1.165, 1.54) is 18.0 Å². The Labute approximate surface area is 194 Å².